The predicted molar refractivity (Wildman–Crippen MR) is 103 cm³/mol. The number of ether oxygens (including phenoxy) is 2. The van der Waals surface area contributed by atoms with E-state index in [1.165, 1.54) is 12.8 Å². The molecule has 1 aromatic rings. The van der Waals surface area contributed by atoms with Crippen LogP contribution in [-0.4, -0.2) is 44.7 Å². The molecular formula is C19H31ClN2O3. The summed E-state index contributed by atoms with van der Waals surface area (Å²) in [6.45, 7) is 5.54. The van der Waals surface area contributed by atoms with Crippen molar-refractivity contribution in [1.29, 1.82) is 0 Å². The summed E-state index contributed by atoms with van der Waals surface area (Å²) in [5.41, 5.74) is 1.06. The molecule has 0 aliphatic carbocycles. The van der Waals surface area contributed by atoms with Gasteiger partial charge in [0.05, 0.1) is 14.2 Å². The van der Waals surface area contributed by atoms with Crippen molar-refractivity contribution in [1.82, 2.24) is 10.2 Å². The fourth-order valence-corrected chi connectivity index (χ4v) is 3.23. The predicted octanol–water partition coefficient (Wildman–Crippen LogP) is 3.25. The smallest absolute Gasteiger partial charge is 0.222 e. The number of nitrogens with zero attached hydrogens (tertiary/aromatic N) is 1. The Balaban J connectivity index is 0.00000312. The first kappa shape index (κ1) is 21.6. The Labute approximate surface area is 157 Å². The van der Waals surface area contributed by atoms with Gasteiger partial charge in [-0.3, -0.25) is 4.79 Å². The Hall–Kier alpha value is -1.46. The van der Waals surface area contributed by atoms with E-state index in [4.69, 9.17) is 9.47 Å². The Morgan fingerprint density at radius 3 is 2.48 bits per heavy atom. The van der Waals surface area contributed by atoms with E-state index in [1.54, 1.807) is 14.2 Å². The minimum Gasteiger partial charge on any atom is -0.493 e. The van der Waals surface area contributed by atoms with Crippen LogP contribution in [0.25, 0.3) is 0 Å². The molecule has 6 heteroatoms. The highest BCUT2D eigenvalue weighted by molar-refractivity contribution is 5.85. The van der Waals surface area contributed by atoms with Crippen LogP contribution in [-0.2, 0) is 11.3 Å². The SMILES string of the molecule is CCN(Cc1ccc(OC)c(OC)c1)C(=O)CCC1CCNCC1.Cl. The van der Waals surface area contributed by atoms with E-state index in [0.29, 0.717) is 30.4 Å². The molecule has 25 heavy (non-hydrogen) atoms. The first-order chi connectivity index (χ1) is 11.7. The molecule has 1 aliphatic rings. The van der Waals surface area contributed by atoms with Crippen molar-refractivity contribution in [3.05, 3.63) is 23.8 Å². The number of hydrogen-bond acceptors (Lipinski definition) is 4. The zero-order valence-electron chi connectivity index (χ0n) is 15.5. The Bertz CT molecular complexity index is 533. The van der Waals surface area contributed by atoms with Gasteiger partial charge in [-0.05, 0) is 62.9 Å². The first-order valence-electron chi connectivity index (χ1n) is 8.87. The van der Waals surface area contributed by atoms with Crippen molar-refractivity contribution < 1.29 is 14.3 Å². The monoisotopic (exact) mass is 370 g/mol. The lowest BCUT2D eigenvalue weighted by atomic mass is 9.93. The van der Waals surface area contributed by atoms with E-state index in [9.17, 15) is 4.79 Å². The summed E-state index contributed by atoms with van der Waals surface area (Å²) in [4.78, 5) is 14.5. The molecule has 1 aromatic carbocycles. The van der Waals surface area contributed by atoms with Gasteiger partial charge in [-0.25, -0.2) is 0 Å². The number of nitrogens with one attached hydrogen (secondary N) is 1. The molecule has 1 aliphatic heterocycles. The van der Waals surface area contributed by atoms with Crippen LogP contribution in [0.15, 0.2) is 18.2 Å². The van der Waals surface area contributed by atoms with E-state index < -0.39 is 0 Å². The van der Waals surface area contributed by atoms with Crippen molar-refractivity contribution in [3.63, 3.8) is 0 Å². The largest absolute Gasteiger partial charge is 0.493 e. The van der Waals surface area contributed by atoms with E-state index in [0.717, 1.165) is 31.6 Å². The average molecular weight is 371 g/mol. The van der Waals surface area contributed by atoms with Gasteiger partial charge in [0.2, 0.25) is 5.91 Å². The van der Waals surface area contributed by atoms with E-state index >= 15 is 0 Å². The molecule has 1 saturated heterocycles. The van der Waals surface area contributed by atoms with Crippen LogP contribution < -0.4 is 14.8 Å². The topological polar surface area (TPSA) is 50.8 Å². The Morgan fingerprint density at radius 1 is 1.20 bits per heavy atom. The molecule has 2 rings (SSSR count). The molecule has 142 valence electrons. The molecule has 1 heterocycles. The Kier molecular flexibility index (Phi) is 9.68. The molecule has 0 radical (unpaired) electrons. The van der Waals surface area contributed by atoms with Crippen molar-refractivity contribution >= 4 is 18.3 Å². The van der Waals surface area contributed by atoms with Crippen LogP contribution in [0, 0.1) is 5.92 Å². The second kappa shape index (κ2) is 11.2. The molecule has 1 amide bonds. The second-order valence-corrected chi connectivity index (χ2v) is 6.33. The zero-order chi connectivity index (χ0) is 17.4. The highest BCUT2D eigenvalue weighted by Gasteiger charge is 2.18. The number of hydrogen-bond donors (Lipinski definition) is 1. The number of piperidine rings is 1. The fourth-order valence-electron chi connectivity index (χ4n) is 3.23. The third-order valence-electron chi connectivity index (χ3n) is 4.78. The lowest BCUT2D eigenvalue weighted by molar-refractivity contribution is -0.132. The van der Waals surface area contributed by atoms with Crippen LogP contribution in [0.5, 0.6) is 11.5 Å². The minimum atomic E-state index is 0. The third-order valence-corrected chi connectivity index (χ3v) is 4.78. The van der Waals surface area contributed by atoms with Gasteiger partial charge in [0.1, 0.15) is 0 Å². The van der Waals surface area contributed by atoms with Crippen molar-refractivity contribution in [3.8, 4) is 11.5 Å². The number of methoxy groups -OCH3 is 2. The van der Waals surface area contributed by atoms with E-state index in [-0.39, 0.29) is 18.3 Å². The summed E-state index contributed by atoms with van der Waals surface area (Å²) in [5, 5.41) is 3.37. The fraction of sp³-hybridized carbons (Fsp3) is 0.632. The highest BCUT2D eigenvalue weighted by atomic mass is 35.5. The van der Waals surface area contributed by atoms with Gasteiger partial charge in [-0.2, -0.15) is 0 Å². The normalized spacial score (nSPS) is 14.5. The van der Waals surface area contributed by atoms with Crippen LogP contribution in [0.2, 0.25) is 0 Å². The standard InChI is InChI=1S/C19H30N2O3.ClH/c1-4-21(19(22)8-6-15-9-11-20-12-10-15)14-16-5-7-17(23-2)18(13-16)24-3;/h5,7,13,15,20H,4,6,8-12,14H2,1-3H3;1H. The van der Waals surface area contributed by atoms with Gasteiger partial charge < -0.3 is 19.7 Å². The number of benzene rings is 1. The van der Waals surface area contributed by atoms with Crippen molar-refractivity contribution in [2.75, 3.05) is 33.9 Å². The molecule has 0 spiro atoms. The molecule has 1 fully saturated rings. The molecule has 5 nitrogen and oxygen atoms in total. The van der Waals surface area contributed by atoms with Gasteiger partial charge in [0, 0.05) is 19.5 Å². The molecule has 0 saturated carbocycles. The first-order valence-corrected chi connectivity index (χ1v) is 8.87. The molecule has 0 bridgehead atoms. The summed E-state index contributed by atoms with van der Waals surface area (Å²) >= 11 is 0. The number of amides is 1. The van der Waals surface area contributed by atoms with Gasteiger partial charge in [0.25, 0.3) is 0 Å². The Morgan fingerprint density at radius 2 is 1.88 bits per heavy atom. The molecule has 1 N–H and O–H groups in total. The van der Waals surface area contributed by atoms with Crippen LogP contribution in [0.1, 0.15) is 38.2 Å². The highest BCUT2D eigenvalue weighted by Crippen LogP contribution is 2.28. The summed E-state index contributed by atoms with van der Waals surface area (Å²) in [6, 6.07) is 5.83. The van der Waals surface area contributed by atoms with Crippen molar-refractivity contribution in [2.24, 2.45) is 5.92 Å². The number of halogens is 1. The van der Waals surface area contributed by atoms with E-state index in [2.05, 4.69) is 5.32 Å². The number of carbonyl (C=O) groups is 1. The average Bonchev–Trinajstić information content (AvgIpc) is 2.64. The lowest BCUT2D eigenvalue weighted by Gasteiger charge is -2.25. The van der Waals surface area contributed by atoms with E-state index in [1.807, 2.05) is 30.0 Å². The van der Waals surface area contributed by atoms with Gasteiger partial charge in [-0.15, -0.1) is 12.4 Å². The minimum absolute atomic E-state index is 0. The molecule has 0 unspecified atom stereocenters. The second-order valence-electron chi connectivity index (χ2n) is 6.33. The van der Waals surface area contributed by atoms with Crippen LogP contribution in [0.3, 0.4) is 0 Å². The molecule has 0 aromatic heterocycles. The van der Waals surface area contributed by atoms with Gasteiger partial charge in [0.15, 0.2) is 11.5 Å². The number of carbonyl (C=O) groups excluding carboxylic acids is 1. The third kappa shape index (κ3) is 6.40. The summed E-state index contributed by atoms with van der Waals surface area (Å²) in [7, 11) is 3.25. The van der Waals surface area contributed by atoms with Crippen LogP contribution >= 0.6 is 12.4 Å². The van der Waals surface area contributed by atoms with Gasteiger partial charge in [-0.1, -0.05) is 6.07 Å². The van der Waals surface area contributed by atoms with Crippen molar-refractivity contribution in [2.45, 2.75) is 39.2 Å². The quantitative estimate of drug-likeness (QED) is 0.763. The maximum Gasteiger partial charge on any atom is 0.222 e. The maximum atomic E-state index is 12.6. The van der Waals surface area contributed by atoms with Gasteiger partial charge >= 0.3 is 0 Å². The molecular weight excluding hydrogens is 340 g/mol. The zero-order valence-corrected chi connectivity index (χ0v) is 16.4. The summed E-state index contributed by atoms with van der Waals surface area (Å²) in [5.74, 6) is 2.34. The summed E-state index contributed by atoms with van der Waals surface area (Å²) in [6.07, 6.45) is 4.03. The van der Waals surface area contributed by atoms with Crippen LogP contribution in [0.4, 0.5) is 0 Å². The summed E-state index contributed by atoms with van der Waals surface area (Å²) < 4.78 is 10.6. The molecule has 0 atom stereocenters. The number of rotatable bonds is 8. The maximum absolute atomic E-state index is 12.6. The lowest BCUT2D eigenvalue weighted by Crippen LogP contribution is -2.32.